The molecule has 0 atom stereocenters. The number of hydrogen-bond donors (Lipinski definition) is 1. The molecule has 0 radical (unpaired) electrons. The van der Waals surface area contributed by atoms with Gasteiger partial charge in [0.05, 0.1) is 22.7 Å². The minimum atomic E-state index is -0.781. The highest BCUT2D eigenvalue weighted by atomic mass is 32.1. The predicted octanol–water partition coefficient (Wildman–Crippen LogP) is 3.80. The summed E-state index contributed by atoms with van der Waals surface area (Å²) in [5, 5.41) is 6.89. The maximum atomic E-state index is 12.9. The van der Waals surface area contributed by atoms with E-state index in [1.807, 2.05) is 31.2 Å². The highest BCUT2D eigenvalue weighted by Gasteiger charge is 2.26. The summed E-state index contributed by atoms with van der Waals surface area (Å²) in [6.07, 6.45) is 2.37. The molecule has 1 aromatic carbocycles. The number of anilines is 1. The Labute approximate surface area is 188 Å². The number of aromatic nitrogens is 2. The summed E-state index contributed by atoms with van der Waals surface area (Å²) in [4.78, 5) is 50.0. The Bertz CT molecular complexity index is 1240. The van der Waals surface area contributed by atoms with Crippen LogP contribution in [0, 0.1) is 6.92 Å². The van der Waals surface area contributed by atoms with E-state index in [4.69, 9.17) is 4.74 Å². The molecule has 0 saturated carbocycles. The highest BCUT2D eigenvalue weighted by molar-refractivity contribution is 7.18. The number of ketones is 1. The number of aryl methyl sites for hydroxylation is 1. The summed E-state index contributed by atoms with van der Waals surface area (Å²) < 4.78 is 6.51. The quantitative estimate of drug-likeness (QED) is 0.431. The van der Waals surface area contributed by atoms with E-state index in [0.717, 1.165) is 23.3 Å². The van der Waals surface area contributed by atoms with Gasteiger partial charge in [-0.05, 0) is 50.5 Å². The third-order valence-corrected chi connectivity index (χ3v) is 6.11. The van der Waals surface area contributed by atoms with Crippen molar-refractivity contribution >= 4 is 34.0 Å². The molecule has 0 bridgehead atoms. The van der Waals surface area contributed by atoms with Gasteiger partial charge >= 0.3 is 5.97 Å². The fraction of sp³-hybridized carbons (Fsp3) is 0.261. The Morgan fingerprint density at radius 2 is 1.81 bits per heavy atom. The van der Waals surface area contributed by atoms with Gasteiger partial charge in [-0.15, -0.1) is 11.3 Å². The highest BCUT2D eigenvalue weighted by Crippen LogP contribution is 2.34. The molecule has 1 amide bonds. The molecular formula is C23H23N3O5S. The second-order valence-corrected chi connectivity index (χ2v) is 8.00. The standard InChI is InChI=1S/C23H23N3O5S/c1-5-15-7-9-16(10-8-15)26-12-11-17(28)19(25-26)21(29)24-22-18(23(30)31-6-2)13(3)20(32-22)14(4)27/h7-12H,5-6H2,1-4H3,(H,24,29). The van der Waals surface area contributed by atoms with E-state index >= 15 is 0 Å². The third kappa shape index (κ3) is 4.67. The lowest BCUT2D eigenvalue weighted by molar-refractivity contribution is 0.0527. The number of carbonyl (C=O) groups is 3. The van der Waals surface area contributed by atoms with Gasteiger partial charge in [-0.1, -0.05) is 19.1 Å². The van der Waals surface area contributed by atoms with Crippen molar-refractivity contribution in [3.63, 3.8) is 0 Å². The van der Waals surface area contributed by atoms with Crippen molar-refractivity contribution in [2.24, 2.45) is 0 Å². The first-order chi connectivity index (χ1) is 15.3. The van der Waals surface area contributed by atoms with Crippen molar-refractivity contribution in [2.75, 3.05) is 11.9 Å². The molecule has 0 fully saturated rings. The average molecular weight is 454 g/mol. The molecule has 0 aliphatic rings. The summed E-state index contributed by atoms with van der Waals surface area (Å²) >= 11 is 0.963. The van der Waals surface area contributed by atoms with Gasteiger partial charge in [-0.3, -0.25) is 14.4 Å². The number of ether oxygens (including phenoxy) is 1. The molecule has 2 heterocycles. The molecule has 3 aromatic rings. The lowest BCUT2D eigenvalue weighted by atomic mass is 10.1. The van der Waals surface area contributed by atoms with E-state index < -0.39 is 17.3 Å². The summed E-state index contributed by atoms with van der Waals surface area (Å²) in [5.41, 5.74) is 1.45. The van der Waals surface area contributed by atoms with Gasteiger partial charge in [0.2, 0.25) is 5.43 Å². The van der Waals surface area contributed by atoms with Crippen molar-refractivity contribution in [3.8, 4) is 5.69 Å². The van der Waals surface area contributed by atoms with Crippen LogP contribution in [0.2, 0.25) is 0 Å². The molecule has 8 nitrogen and oxygen atoms in total. The molecule has 0 saturated heterocycles. The Hall–Kier alpha value is -3.59. The zero-order valence-electron chi connectivity index (χ0n) is 18.2. The maximum Gasteiger partial charge on any atom is 0.341 e. The monoisotopic (exact) mass is 453 g/mol. The number of carbonyl (C=O) groups excluding carboxylic acids is 3. The molecule has 1 N–H and O–H groups in total. The summed E-state index contributed by atoms with van der Waals surface area (Å²) in [5.74, 6) is -1.68. The number of esters is 1. The number of thiophene rings is 1. The third-order valence-electron chi connectivity index (χ3n) is 4.81. The molecule has 166 valence electrons. The fourth-order valence-corrected chi connectivity index (χ4v) is 4.23. The smallest absolute Gasteiger partial charge is 0.341 e. The minimum absolute atomic E-state index is 0.0989. The van der Waals surface area contributed by atoms with Gasteiger partial charge in [0.1, 0.15) is 5.00 Å². The molecule has 0 spiro atoms. The zero-order valence-corrected chi connectivity index (χ0v) is 19.0. The molecule has 32 heavy (non-hydrogen) atoms. The van der Waals surface area contributed by atoms with E-state index in [1.165, 1.54) is 23.9 Å². The van der Waals surface area contributed by atoms with E-state index in [1.54, 1.807) is 13.8 Å². The first-order valence-electron chi connectivity index (χ1n) is 10.1. The van der Waals surface area contributed by atoms with E-state index in [2.05, 4.69) is 10.4 Å². The van der Waals surface area contributed by atoms with E-state index in [9.17, 15) is 19.2 Å². The Balaban J connectivity index is 1.98. The number of nitrogens with one attached hydrogen (secondary N) is 1. The average Bonchev–Trinajstić information content (AvgIpc) is 3.10. The van der Waals surface area contributed by atoms with Gasteiger partial charge in [-0.25, -0.2) is 9.48 Å². The van der Waals surface area contributed by atoms with Crippen LogP contribution in [0.25, 0.3) is 5.69 Å². The minimum Gasteiger partial charge on any atom is -0.462 e. The van der Waals surface area contributed by atoms with Crippen LogP contribution < -0.4 is 10.7 Å². The van der Waals surface area contributed by atoms with E-state index in [0.29, 0.717) is 16.1 Å². The van der Waals surface area contributed by atoms with Crippen LogP contribution in [0.3, 0.4) is 0 Å². The molecule has 3 rings (SSSR count). The molecule has 0 aliphatic carbocycles. The largest absolute Gasteiger partial charge is 0.462 e. The van der Waals surface area contributed by atoms with Crippen LogP contribution in [-0.4, -0.2) is 34.0 Å². The lowest BCUT2D eigenvalue weighted by Crippen LogP contribution is -2.25. The zero-order chi connectivity index (χ0) is 23.4. The molecule has 0 unspecified atom stereocenters. The Kier molecular flexibility index (Phi) is 6.99. The second kappa shape index (κ2) is 9.69. The Morgan fingerprint density at radius 1 is 1.12 bits per heavy atom. The number of benzene rings is 1. The number of rotatable bonds is 7. The number of nitrogens with zero attached hydrogens (tertiary/aromatic N) is 2. The van der Waals surface area contributed by atoms with Crippen LogP contribution >= 0.6 is 11.3 Å². The van der Waals surface area contributed by atoms with Gasteiger partial charge in [-0.2, -0.15) is 5.10 Å². The molecule has 2 aromatic heterocycles. The van der Waals surface area contributed by atoms with Gasteiger partial charge < -0.3 is 10.1 Å². The van der Waals surface area contributed by atoms with Crippen LogP contribution in [0.4, 0.5) is 5.00 Å². The number of hydrogen-bond acceptors (Lipinski definition) is 7. The number of amides is 1. The second-order valence-electron chi connectivity index (χ2n) is 6.98. The molecule has 0 aliphatic heterocycles. The topological polar surface area (TPSA) is 107 Å². The van der Waals surface area contributed by atoms with Gasteiger partial charge in [0, 0.05) is 12.3 Å². The molecule has 9 heteroatoms. The van der Waals surface area contributed by atoms with Crippen molar-refractivity contribution in [2.45, 2.75) is 34.1 Å². The number of Topliss-reactive ketones (excluding diaryl/α,β-unsaturated/α-hetero) is 1. The maximum absolute atomic E-state index is 12.9. The summed E-state index contributed by atoms with van der Waals surface area (Å²) in [6, 6.07) is 8.83. The predicted molar refractivity (Wildman–Crippen MR) is 122 cm³/mol. The van der Waals surface area contributed by atoms with Crippen molar-refractivity contribution in [1.82, 2.24) is 9.78 Å². The first kappa shape index (κ1) is 23.1. The Morgan fingerprint density at radius 3 is 2.41 bits per heavy atom. The summed E-state index contributed by atoms with van der Waals surface area (Å²) in [7, 11) is 0. The van der Waals surface area contributed by atoms with Crippen molar-refractivity contribution in [3.05, 3.63) is 74.0 Å². The van der Waals surface area contributed by atoms with Crippen LogP contribution in [0.1, 0.15) is 62.4 Å². The van der Waals surface area contributed by atoms with Gasteiger partial charge in [0.15, 0.2) is 11.5 Å². The van der Waals surface area contributed by atoms with Crippen molar-refractivity contribution in [1.29, 1.82) is 0 Å². The SMILES string of the molecule is CCOC(=O)c1c(NC(=O)c2nn(-c3ccc(CC)cc3)ccc2=O)sc(C(C)=O)c1C. The lowest BCUT2D eigenvalue weighted by Gasteiger charge is -2.09. The van der Waals surface area contributed by atoms with Crippen molar-refractivity contribution < 1.29 is 19.1 Å². The summed E-state index contributed by atoms with van der Waals surface area (Å²) in [6.45, 7) is 6.83. The van der Waals surface area contributed by atoms with E-state index in [-0.39, 0.29) is 28.6 Å². The van der Waals surface area contributed by atoms with Gasteiger partial charge in [0.25, 0.3) is 5.91 Å². The van der Waals surface area contributed by atoms with Crippen LogP contribution in [0.15, 0.2) is 41.3 Å². The first-order valence-corrected chi connectivity index (χ1v) is 10.9. The fourth-order valence-electron chi connectivity index (χ4n) is 3.14. The van der Waals surface area contributed by atoms with Crippen LogP contribution in [-0.2, 0) is 11.2 Å². The van der Waals surface area contributed by atoms with Crippen LogP contribution in [0.5, 0.6) is 0 Å². The molecular weight excluding hydrogens is 430 g/mol. The normalized spacial score (nSPS) is 10.6.